The predicted molar refractivity (Wildman–Crippen MR) is 152 cm³/mol. The zero-order valence-corrected chi connectivity index (χ0v) is 24.6. The minimum Gasteiger partial charge on any atom is -0.466 e. The van der Waals surface area contributed by atoms with Gasteiger partial charge < -0.3 is 9.47 Å². The predicted octanol–water partition coefficient (Wildman–Crippen LogP) is 8.38. The molecule has 204 valence electrons. The second kappa shape index (κ2) is 44.5. The molecule has 0 aromatic carbocycles. The highest BCUT2D eigenvalue weighted by molar-refractivity contribution is 5.83. The second-order valence-corrected chi connectivity index (χ2v) is 4.75. The van der Waals surface area contributed by atoms with Gasteiger partial charge in [-0.25, -0.2) is 0 Å². The van der Waals surface area contributed by atoms with Gasteiger partial charge in [0.15, 0.2) is 5.41 Å². The van der Waals surface area contributed by atoms with Gasteiger partial charge in [0.2, 0.25) is 0 Å². The Morgan fingerprint density at radius 1 is 0.886 bits per heavy atom. The number of ether oxygens (including phenoxy) is 2. The van der Waals surface area contributed by atoms with Crippen LogP contribution < -0.4 is 0 Å². The molecule has 0 aliphatic rings. The fourth-order valence-electron chi connectivity index (χ4n) is 2.14. The smallest absolute Gasteiger partial charge is 0.328 e. The summed E-state index contributed by atoms with van der Waals surface area (Å²) in [5.74, 6) is -2.48. The molecule has 0 amide bonds. The van der Waals surface area contributed by atoms with Gasteiger partial charge in [-0.1, -0.05) is 74.1 Å². The molecule has 0 saturated carbocycles. The lowest BCUT2D eigenvalue weighted by molar-refractivity contribution is -0.154. The van der Waals surface area contributed by atoms with Gasteiger partial charge in [-0.2, -0.15) is 10.5 Å². The van der Waals surface area contributed by atoms with Crippen molar-refractivity contribution >= 4 is 11.9 Å². The molecule has 0 aromatic rings. The highest BCUT2D eigenvalue weighted by Crippen LogP contribution is 2.38. The fourth-order valence-corrected chi connectivity index (χ4v) is 2.14. The van der Waals surface area contributed by atoms with Gasteiger partial charge in [-0.3, -0.25) is 9.59 Å². The number of rotatable bonds is 9. The summed E-state index contributed by atoms with van der Waals surface area (Å²) < 4.78 is 9.79. The van der Waals surface area contributed by atoms with E-state index in [2.05, 4.69) is 32.9 Å². The summed E-state index contributed by atoms with van der Waals surface area (Å²) in [7, 11) is 0. The molecule has 6 heteroatoms. The SMILES string of the molecule is C=C.C=C.C=C(/C=C\C)C(C#N)C(C#N)(CCC(=O)OCC)C(=O)OCC.CC.CC.CC.CC. The van der Waals surface area contributed by atoms with Crippen LogP contribution in [-0.2, 0) is 19.1 Å². The van der Waals surface area contributed by atoms with E-state index < -0.39 is 23.3 Å². The van der Waals surface area contributed by atoms with E-state index in [1.807, 2.05) is 67.5 Å². The first-order chi connectivity index (χ1) is 16.9. The van der Waals surface area contributed by atoms with Crippen LogP contribution in [0.3, 0.4) is 0 Å². The van der Waals surface area contributed by atoms with Crippen molar-refractivity contribution < 1.29 is 19.1 Å². The summed E-state index contributed by atoms with van der Waals surface area (Å²) in [4.78, 5) is 24.0. The molecule has 0 saturated heterocycles. The Hall–Kier alpha value is -3.12. The van der Waals surface area contributed by atoms with Crippen molar-refractivity contribution in [1.29, 1.82) is 10.5 Å². The minimum atomic E-state index is -1.80. The van der Waals surface area contributed by atoms with Gasteiger partial charge >= 0.3 is 11.9 Å². The lowest BCUT2D eigenvalue weighted by Crippen LogP contribution is -2.39. The van der Waals surface area contributed by atoms with E-state index in [1.54, 1.807) is 32.9 Å². The van der Waals surface area contributed by atoms with E-state index in [-0.39, 0.29) is 26.1 Å². The zero-order chi connectivity index (χ0) is 29.9. The third-order valence-electron chi connectivity index (χ3n) is 3.24. The first-order valence-corrected chi connectivity index (χ1v) is 12.4. The van der Waals surface area contributed by atoms with E-state index in [4.69, 9.17) is 9.47 Å². The van der Waals surface area contributed by atoms with Crippen LogP contribution in [0.1, 0.15) is 89.0 Å². The fraction of sp³-hybridized carbons (Fsp3) is 0.586. The maximum atomic E-state index is 12.4. The summed E-state index contributed by atoms with van der Waals surface area (Å²) in [6, 6.07) is 3.84. The first kappa shape index (κ1) is 49.1. The Bertz CT molecular complexity index is 584. The molecule has 0 aliphatic heterocycles. The van der Waals surface area contributed by atoms with E-state index in [9.17, 15) is 20.1 Å². The Morgan fingerprint density at radius 3 is 1.57 bits per heavy atom. The molecular formula is C29H54N2O4. The number of allylic oxidation sites excluding steroid dienone is 3. The summed E-state index contributed by atoms with van der Waals surface area (Å²) in [6.07, 6.45) is 2.88. The van der Waals surface area contributed by atoms with E-state index >= 15 is 0 Å². The van der Waals surface area contributed by atoms with Crippen LogP contribution in [0.25, 0.3) is 0 Å². The van der Waals surface area contributed by atoms with Crippen molar-refractivity contribution in [3.05, 3.63) is 50.6 Å². The number of hydrogen-bond acceptors (Lipinski definition) is 6. The Kier molecular flexibility index (Phi) is 62.5. The van der Waals surface area contributed by atoms with Crippen molar-refractivity contribution in [2.24, 2.45) is 11.3 Å². The number of esters is 2. The molecule has 2 atom stereocenters. The molecule has 2 unspecified atom stereocenters. The van der Waals surface area contributed by atoms with Gasteiger partial charge in [-0.05, 0) is 32.8 Å². The quantitative estimate of drug-likeness (QED) is 0.181. The molecule has 0 heterocycles. The molecular weight excluding hydrogens is 440 g/mol. The van der Waals surface area contributed by atoms with Crippen molar-refractivity contribution in [1.82, 2.24) is 0 Å². The summed E-state index contributed by atoms with van der Waals surface area (Å²) >= 11 is 0. The van der Waals surface area contributed by atoms with Crippen LogP contribution in [0.2, 0.25) is 0 Å². The number of carbonyl (C=O) groups is 2. The standard InChI is InChI=1S/C17H22N2O4.4C2H6.2C2H4/c1-5-8-13(4)14(11-18)17(12-19,16(21)23-7-3)10-9-15(20)22-6-2;6*1-2/h5,8,14H,4,6-7,9-10H2,1-3H3;4*1-2H3;2*1-2H2/b8-5-;;;;;;. The van der Waals surface area contributed by atoms with E-state index in [1.165, 1.54) is 0 Å². The average Bonchev–Trinajstić information content (AvgIpc) is 2.93. The average molecular weight is 495 g/mol. The van der Waals surface area contributed by atoms with Crippen LogP contribution in [0, 0.1) is 34.0 Å². The maximum absolute atomic E-state index is 12.4. The number of carbonyl (C=O) groups excluding carboxylic acids is 2. The Morgan fingerprint density at radius 2 is 1.29 bits per heavy atom. The van der Waals surface area contributed by atoms with Crippen LogP contribution in [0.4, 0.5) is 0 Å². The van der Waals surface area contributed by atoms with Crippen molar-refractivity contribution in [2.45, 2.75) is 89.0 Å². The Labute approximate surface area is 218 Å². The molecule has 0 radical (unpaired) electrons. The van der Waals surface area contributed by atoms with E-state index in [0.717, 1.165) is 0 Å². The third-order valence-corrected chi connectivity index (χ3v) is 3.24. The van der Waals surface area contributed by atoms with Crippen molar-refractivity contribution in [3.63, 3.8) is 0 Å². The molecule has 0 N–H and O–H groups in total. The van der Waals surface area contributed by atoms with Crippen LogP contribution >= 0.6 is 0 Å². The Balaban J connectivity index is -0.000000113. The summed E-state index contributed by atoms with van der Waals surface area (Å²) in [5.41, 5.74) is -1.48. The van der Waals surface area contributed by atoms with Gasteiger partial charge in [0.1, 0.15) is 5.92 Å². The molecule has 0 fully saturated rings. The third kappa shape index (κ3) is 23.8. The summed E-state index contributed by atoms with van der Waals surface area (Å²) in [5, 5.41) is 19.1. The lowest BCUT2D eigenvalue weighted by atomic mass is 9.70. The first-order valence-electron chi connectivity index (χ1n) is 12.4. The van der Waals surface area contributed by atoms with Gasteiger partial charge in [0.25, 0.3) is 0 Å². The largest absolute Gasteiger partial charge is 0.466 e. The lowest BCUT2D eigenvalue weighted by Gasteiger charge is -2.28. The van der Waals surface area contributed by atoms with Crippen LogP contribution in [-0.4, -0.2) is 25.2 Å². The monoisotopic (exact) mass is 494 g/mol. The maximum Gasteiger partial charge on any atom is 0.328 e. The highest BCUT2D eigenvalue weighted by Gasteiger charge is 2.49. The molecule has 0 aliphatic carbocycles. The molecule has 0 bridgehead atoms. The molecule has 35 heavy (non-hydrogen) atoms. The minimum absolute atomic E-state index is 0.0654. The van der Waals surface area contributed by atoms with Crippen LogP contribution in [0.15, 0.2) is 50.6 Å². The van der Waals surface area contributed by atoms with Gasteiger partial charge in [0, 0.05) is 6.42 Å². The number of hydrogen-bond donors (Lipinski definition) is 0. The molecule has 0 rings (SSSR count). The zero-order valence-electron chi connectivity index (χ0n) is 24.6. The highest BCUT2D eigenvalue weighted by atomic mass is 16.5. The van der Waals surface area contributed by atoms with Gasteiger partial charge in [0.05, 0.1) is 25.4 Å². The second-order valence-electron chi connectivity index (χ2n) is 4.75. The normalized spacial score (nSPS) is 10.2. The molecule has 0 aromatic heterocycles. The number of nitriles is 2. The number of nitrogens with zero attached hydrogens (tertiary/aromatic N) is 2. The van der Waals surface area contributed by atoms with Crippen molar-refractivity contribution in [3.8, 4) is 12.1 Å². The van der Waals surface area contributed by atoms with E-state index in [0.29, 0.717) is 5.57 Å². The molecule has 6 nitrogen and oxygen atoms in total. The van der Waals surface area contributed by atoms with Crippen molar-refractivity contribution in [2.75, 3.05) is 13.2 Å². The summed E-state index contributed by atoms with van der Waals surface area (Å²) in [6.45, 7) is 37.0. The topological polar surface area (TPSA) is 100 Å². The molecule has 0 spiro atoms. The van der Waals surface area contributed by atoms with Gasteiger partial charge in [-0.15, -0.1) is 26.3 Å². The van der Waals surface area contributed by atoms with Crippen LogP contribution in [0.5, 0.6) is 0 Å².